The average molecular weight is 244 g/mol. The Hall–Kier alpha value is -1.88. The van der Waals surface area contributed by atoms with Crippen LogP contribution in [0.15, 0.2) is 28.8 Å². The number of anilines is 1. The zero-order chi connectivity index (χ0) is 12.4. The molecule has 1 aliphatic rings. The predicted octanol–water partition coefficient (Wildman–Crippen LogP) is 1.49. The molecule has 0 amide bonds. The van der Waals surface area contributed by atoms with E-state index in [0.29, 0.717) is 18.3 Å². The molecule has 0 fully saturated rings. The van der Waals surface area contributed by atoms with E-state index in [1.165, 1.54) is 11.3 Å². The molecule has 1 aliphatic heterocycles. The van der Waals surface area contributed by atoms with Crippen LogP contribution in [-0.2, 0) is 13.1 Å². The summed E-state index contributed by atoms with van der Waals surface area (Å²) in [4.78, 5) is 6.55. The van der Waals surface area contributed by atoms with Crippen LogP contribution in [-0.4, -0.2) is 23.2 Å². The fourth-order valence-electron chi connectivity index (χ4n) is 2.26. The highest BCUT2D eigenvalue weighted by Crippen LogP contribution is 2.23. The van der Waals surface area contributed by atoms with Crippen molar-refractivity contribution in [1.29, 1.82) is 0 Å². The monoisotopic (exact) mass is 244 g/mol. The van der Waals surface area contributed by atoms with Gasteiger partial charge in [-0.15, -0.1) is 0 Å². The molecule has 3 rings (SSSR count). The van der Waals surface area contributed by atoms with Gasteiger partial charge in [-0.25, -0.2) is 0 Å². The molecule has 5 heteroatoms. The van der Waals surface area contributed by atoms with Crippen LogP contribution < -0.4 is 10.2 Å². The topological polar surface area (TPSA) is 54.2 Å². The Kier molecular flexibility index (Phi) is 2.98. The second-order valence-electron chi connectivity index (χ2n) is 4.46. The molecule has 0 saturated heterocycles. The van der Waals surface area contributed by atoms with Crippen LogP contribution in [0.25, 0.3) is 0 Å². The third-order valence-electron chi connectivity index (χ3n) is 3.10. The molecule has 0 aliphatic carbocycles. The largest absolute Gasteiger partial charge is 0.361 e. The van der Waals surface area contributed by atoms with Crippen molar-refractivity contribution in [3.8, 4) is 0 Å². The van der Waals surface area contributed by atoms with Gasteiger partial charge in [-0.05, 0) is 18.6 Å². The Morgan fingerprint density at radius 3 is 3.11 bits per heavy atom. The van der Waals surface area contributed by atoms with Gasteiger partial charge in [-0.3, -0.25) is 0 Å². The average Bonchev–Trinajstić information content (AvgIpc) is 2.68. The number of rotatable bonds is 2. The Morgan fingerprint density at radius 1 is 1.39 bits per heavy atom. The van der Waals surface area contributed by atoms with Crippen molar-refractivity contribution >= 4 is 5.69 Å². The van der Waals surface area contributed by atoms with E-state index in [2.05, 4.69) is 44.6 Å². The molecule has 94 valence electrons. The van der Waals surface area contributed by atoms with Crippen LogP contribution >= 0.6 is 0 Å². The first-order valence-electron chi connectivity index (χ1n) is 6.16. The number of fused-ring (bicyclic) bond motifs is 1. The summed E-state index contributed by atoms with van der Waals surface area (Å²) in [5, 5.41) is 7.25. The van der Waals surface area contributed by atoms with E-state index in [4.69, 9.17) is 4.52 Å². The number of aryl methyl sites for hydroxylation is 1. The van der Waals surface area contributed by atoms with Crippen LogP contribution in [0.3, 0.4) is 0 Å². The van der Waals surface area contributed by atoms with Crippen LogP contribution in [0, 0.1) is 6.92 Å². The number of aromatic nitrogens is 2. The van der Waals surface area contributed by atoms with Gasteiger partial charge in [-0.1, -0.05) is 23.4 Å². The number of nitrogens with zero attached hydrogens (tertiary/aromatic N) is 3. The zero-order valence-corrected chi connectivity index (χ0v) is 10.4. The Balaban J connectivity index is 1.87. The van der Waals surface area contributed by atoms with Gasteiger partial charge in [-0.2, -0.15) is 4.98 Å². The smallest absolute Gasteiger partial charge is 0.246 e. The molecule has 0 atom stereocenters. The van der Waals surface area contributed by atoms with Crippen LogP contribution in [0.2, 0.25) is 0 Å². The number of hydrogen-bond acceptors (Lipinski definition) is 5. The SMILES string of the molecule is Cc1noc(CN2CCNCc3ccccc32)n1. The molecule has 1 aromatic carbocycles. The third-order valence-corrected chi connectivity index (χ3v) is 3.10. The van der Waals surface area contributed by atoms with Gasteiger partial charge in [0.25, 0.3) is 0 Å². The number of benzene rings is 1. The van der Waals surface area contributed by atoms with Crippen molar-refractivity contribution in [3.05, 3.63) is 41.5 Å². The van der Waals surface area contributed by atoms with Gasteiger partial charge in [0.2, 0.25) is 5.89 Å². The molecule has 5 nitrogen and oxygen atoms in total. The molecule has 1 aromatic heterocycles. The van der Waals surface area contributed by atoms with E-state index in [-0.39, 0.29) is 0 Å². The van der Waals surface area contributed by atoms with Gasteiger partial charge in [0.1, 0.15) is 0 Å². The lowest BCUT2D eigenvalue weighted by Crippen LogP contribution is -2.28. The minimum atomic E-state index is 0.666. The highest BCUT2D eigenvalue weighted by atomic mass is 16.5. The molecule has 2 aromatic rings. The summed E-state index contributed by atoms with van der Waals surface area (Å²) >= 11 is 0. The summed E-state index contributed by atoms with van der Waals surface area (Å²) < 4.78 is 5.20. The van der Waals surface area contributed by atoms with E-state index >= 15 is 0 Å². The molecule has 0 radical (unpaired) electrons. The lowest BCUT2D eigenvalue weighted by molar-refractivity contribution is 0.372. The third kappa shape index (κ3) is 2.22. The normalized spacial score (nSPS) is 15.3. The predicted molar refractivity (Wildman–Crippen MR) is 68.2 cm³/mol. The molecular formula is C13H16N4O. The van der Waals surface area contributed by atoms with Gasteiger partial charge < -0.3 is 14.7 Å². The van der Waals surface area contributed by atoms with Crippen molar-refractivity contribution < 1.29 is 4.52 Å². The van der Waals surface area contributed by atoms with Crippen LogP contribution in [0.5, 0.6) is 0 Å². The van der Waals surface area contributed by atoms with Crippen molar-refractivity contribution in [1.82, 2.24) is 15.5 Å². The maximum atomic E-state index is 5.20. The Bertz CT molecular complexity index is 537. The van der Waals surface area contributed by atoms with Crippen LogP contribution in [0.1, 0.15) is 17.3 Å². The fraction of sp³-hybridized carbons (Fsp3) is 0.385. The Morgan fingerprint density at radius 2 is 2.28 bits per heavy atom. The highest BCUT2D eigenvalue weighted by molar-refractivity contribution is 5.54. The first-order valence-corrected chi connectivity index (χ1v) is 6.16. The maximum Gasteiger partial charge on any atom is 0.246 e. The number of hydrogen-bond donors (Lipinski definition) is 1. The first kappa shape index (κ1) is 11.2. The zero-order valence-electron chi connectivity index (χ0n) is 10.4. The maximum absolute atomic E-state index is 5.20. The highest BCUT2D eigenvalue weighted by Gasteiger charge is 2.16. The minimum Gasteiger partial charge on any atom is -0.361 e. The first-order chi connectivity index (χ1) is 8.83. The quantitative estimate of drug-likeness (QED) is 0.867. The molecular weight excluding hydrogens is 228 g/mol. The lowest BCUT2D eigenvalue weighted by Gasteiger charge is -2.22. The van der Waals surface area contributed by atoms with E-state index < -0.39 is 0 Å². The summed E-state index contributed by atoms with van der Waals surface area (Å²) in [6.45, 7) is 5.32. The van der Waals surface area contributed by atoms with Crippen molar-refractivity contribution in [3.63, 3.8) is 0 Å². The second-order valence-corrected chi connectivity index (χ2v) is 4.46. The molecule has 1 N–H and O–H groups in total. The van der Waals surface area contributed by atoms with E-state index in [1.54, 1.807) is 0 Å². The van der Waals surface area contributed by atoms with Gasteiger partial charge in [0, 0.05) is 25.3 Å². The summed E-state index contributed by atoms with van der Waals surface area (Å²) in [5.41, 5.74) is 2.56. The summed E-state index contributed by atoms with van der Waals surface area (Å²) in [6, 6.07) is 8.43. The van der Waals surface area contributed by atoms with Gasteiger partial charge in [0.15, 0.2) is 5.82 Å². The van der Waals surface area contributed by atoms with Crippen molar-refractivity contribution in [2.75, 3.05) is 18.0 Å². The summed E-state index contributed by atoms with van der Waals surface area (Å²) in [5.74, 6) is 1.36. The molecule has 0 spiro atoms. The van der Waals surface area contributed by atoms with Crippen molar-refractivity contribution in [2.45, 2.75) is 20.0 Å². The standard InChI is InChI=1S/C13H16N4O/c1-10-15-13(18-16-10)9-17-7-6-14-8-11-4-2-3-5-12(11)17/h2-5,14H,6-9H2,1H3. The minimum absolute atomic E-state index is 0.666. The van der Waals surface area contributed by atoms with Crippen molar-refractivity contribution in [2.24, 2.45) is 0 Å². The Labute approximate surface area is 106 Å². The lowest BCUT2D eigenvalue weighted by atomic mass is 10.1. The molecule has 0 saturated carbocycles. The molecule has 18 heavy (non-hydrogen) atoms. The second kappa shape index (κ2) is 4.78. The summed E-state index contributed by atoms with van der Waals surface area (Å²) in [7, 11) is 0. The summed E-state index contributed by atoms with van der Waals surface area (Å²) in [6.07, 6.45) is 0. The molecule has 0 bridgehead atoms. The van der Waals surface area contributed by atoms with E-state index in [0.717, 1.165) is 19.6 Å². The van der Waals surface area contributed by atoms with Gasteiger partial charge in [0.05, 0.1) is 6.54 Å². The van der Waals surface area contributed by atoms with Crippen LogP contribution in [0.4, 0.5) is 5.69 Å². The van der Waals surface area contributed by atoms with Gasteiger partial charge >= 0.3 is 0 Å². The van der Waals surface area contributed by atoms with E-state index in [9.17, 15) is 0 Å². The van der Waals surface area contributed by atoms with E-state index in [1.807, 2.05) is 6.92 Å². The number of nitrogens with one attached hydrogen (secondary N) is 1. The number of para-hydroxylation sites is 1. The molecule has 0 unspecified atom stereocenters. The fourth-order valence-corrected chi connectivity index (χ4v) is 2.26. The molecule has 2 heterocycles.